The second kappa shape index (κ2) is 6.91. The number of non-ortho nitro benzene ring substituents is 1. The molecule has 0 unspecified atom stereocenters. The van der Waals surface area contributed by atoms with E-state index in [2.05, 4.69) is 10.6 Å². The third kappa shape index (κ3) is 4.08. The molecule has 104 valence electrons. The van der Waals surface area contributed by atoms with Crippen LogP contribution in [-0.2, 0) is 0 Å². The van der Waals surface area contributed by atoms with Gasteiger partial charge in [0.05, 0.1) is 21.2 Å². The van der Waals surface area contributed by atoms with E-state index in [9.17, 15) is 14.9 Å². The Morgan fingerprint density at radius 3 is 2.68 bits per heavy atom. The average Bonchev–Trinajstić information content (AvgIpc) is 2.35. The molecule has 0 saturated carbocycles. The first-order valence-electron chi connectivity index (χ1n) is 5.57. The molecule has 0 aliphatic carbocycles. The molecule has 3 N–H and O–H groups in total. The Hall–Kier alpha value is -1.86. The first-order valence-corrected chi connectivity index (χ1v) is 5.95. The summed E-state index contributed by atoms with van der Waals surface area (Å²) in [5.41, 5.74) is -0.345. The number of halogens is 1. The minimum atomic E-state index is -1.26. The van der Waals surface area contributed by atoms with Crippen LogP contribution in [-0.4, -0.2) is 36.1 Å². The maximum atomic E-state index is 11.1. The summed E-state index contributed by atoms with van der Waals surface area (Å²) in [5, 5.41) is 25.6. The van der Waals surface area contributed by atoms with E-state index < -0.39 is 10.9 Å². The average molecular weight is 288 g/mol. The van der Waals surface area contributed by atoms with Gasteiger partial charge < -0.3 is 15.7 Å². The lowest BCUT2D eigenvalue weighted by atomic mass is 10.1. The van der Waals surface area contributed by atoms with Crippen LogP contribution in [0.4, 0.5) is 11.4 Å². The minimum absolute atomic E-state index is 0.0241. The van der Waals surface area contributed by atoms with Gasteiger partial charge in [0.1, 0.15) is 0 Å². The summed E-state index contributed by atoms with van der Waals surface area (Å²) in [6.45, 7) is 1.28. The molecule has 7 nitrogen and oxygen atoms in total. The summed E-state index contributed by atoms with van der Waals surface area (Å²) >= 11 is 5.89. The van der Waals surface area contributed by atoms with Gasteiger partial charge in [0.15, 0.2) is 0 Å². The second-order valence-electron chi connectivity index (χ2n) is 3.80. The SMILES string of the molecule is CNCCCNc1c(Cl)cc([N+](=O)[O-])cc1C(=O)O. The fourth-order valence-electron chi connectivity index (χ4n) is 1.52. The summed E-state index contributed by atoms with van der Waals surface area (Å²) in [4.78, 5) is 21.1. The minimum Gasteiger partial charge on any atom is -0.478 e. The number of aromatic carboxylic acids is 1. The van der Waals surface area contributed by atoms with Crippen molar-refractivity contribution in [1.82, 2.24) is 5.32 Å². The number of carboxylic acid groups (broad SMARTS) is 1. The number of carboxylic acids is 1. The highest BCUT2D eigenvalue weighted by atomic mass is 35.5. The second-order valence-corrected chi connectivity index (χ2v) is 4.20. The highest BCUT2D eigenvalue weighted by Crippen LogP contribution is 2.31. The van der Waals surface area contributed by atoms with E-state index >= 15 is 0 Å². The van der Waals surface area contributed by atoms with E-state index in [4.69, 9.17) is 16.7 Å². The van der Waals surface area contributed by atoms with E-state index in [0.29, 0.717) is 6.54 Å². The monoisotopic (exact) mass is 287 g/mol. The highest BCUT2D eigenvalue weighted by molar-refractivity contribution is 6.34. The third-order valence-corrected chi connectivity index (χ3v) is 2.72. The molecule has 8 heteroatoms. The zero-order valence-corrected chi connectivity index (χ0v) is 11.0. The van der Waals surface area contributed by atoms with E-state index in [1.165, 1.54) is 0 Å². The van der Waals surface area contributed by atoms with Crippen LogP contribution in [0.15, 0.2) is 12.1 Å². The largest absolute Gasteiger partial charge is 0.478 e. The molecule has 0 aromatic heterocycles. The number of benzene rings is 1. The third-order valence-electron chi connectivity index (χ3n) is 2.42. The lowest BCUT2D eigenvalue weighted by Gasteiger charge is -2.11. The number of nitrogens with zero attached hydrogens (tertiary/aromatic N) is 1. The Balaban J connectivity index is 3.01. The number of carbonyl (C=O) groups is 1. The van der Waals surface area contributed by atoms with Crippen molar-refractivity contribution in [3.63, 3.8) is 0 Å². The first kappa shape index (κ1) is 15.2. The van der Waals surface area contributed by atoms with E-state index in [1.807, 2.05) is 7.05 Å². The molecular formula is C11H14ClN3O4. The fraction of sp³-hybridized carbons (Fsp3) is 0.364. The van der Waals surface area contributed by atoms with Gasteiger partial charge >= 0.3 is 5.97 Å². The van der Waals surface area contributed by atoms with Gasteiger partial charge in [-0.25, -0.2) is 4.79 Å². The van der Waals surface area contributed by atoms with E-state index in [0.717, 1.165) is 25.1 Å². The first-order chi connectivity index (χ1) is 8.97. The van der Waals surface area contributed by atoms with Gasteiger partial charge in [-0.15, -0.1) is 0 Å². The van der Waals surface area contributed by atoms with Gasteiger partial charge in [-0.1, -0.05) is 11.6 Å². The Morgan fingerprint density at radius 1 is 1.47 bits per heavy atom. The molecule has 0 heterocycles. The zero-order valence-electron chi connectivity index (χ0n) is 10.3. The quantitative estimate of drug-likeness (QED) is 0.402. The van der Waals surface area contributed by atoms with Crippen LogP contribution in [0.5, 0.6) is 0 Å². The summed E-state index contributed by atoms with van der Waals surface area (Å²) in [6, 6.07) is 2.13. The van der Waals surface area contributed by atoms with Crippen LogP contribution in [0.1, 0.15) is 16.8 Å². The summed E-state index contributed by atoms with van der Waals surface area (Å²) in [7, 11) is 1.81. The standard InChI is InChI=1S/C11H14ClN3O4/c1-13-3-2-4-14-10-8(11(16)17)5-7(15(18)19)6-9(10)12/h5-6,13-14H,2-4H2,1H3,(H,16,17). The van der Waals surface area contributed by atoms with Gasteiger partial charge in [0, 0.05) is 18.7 Å². The van der Waals surface area contributed by atoms with E-state index in [-0.39, 0.29) is 22.0 Å². The molecule has 0 bridgehead atoms. The molecule has 0 fully saturated rings. The molecule has 0 amide bonds. The van der Waals surface area contributed by atoms with Crippen molar-refractivity contribution in [3.05, 3.63) is 32.8 Å². The van der Waals surface area contributed by atoms with Crippen molar-refractivity contribution in [1.29, 1.82) is 0 Å². The van der Waals surface area contributed by atoms with Crippen molar-refractivity contribution in [3.8, 4) is 0 Å². The molecule has 1 aromatic rings. The molecule has 0 spiro atoms. The predicted molar refractivity (Wildman–Crippen MR) is 72.1 cm³/mol. The van der Waals surface area contributed by atoms with Crippen LogP contribution in [0.2, 0.25) is 5.02 Å². The number of nitrogens with one attached hydrogen (secondary N) is 2. The van der Waals surface area contributed by atoms with Crippen molar-refractivity contribution in [2.45, 2.75) is 6.42 Å². The molecule has 0 aliphatic rings. The maximum absolute atomic E-state index is 11.1. The summed E-state index contributed by atoms with van der Waals surface area (Å²) < 4.78 is 0. The molecule has 0 saturated heterocycles. The summed E-state index contributed by atoms with van der Waals surface area (Å²) in [5.74, 6) is -1.26. The van der Waals surface area contributed by atoms with Gasteiger partial charge in [-0.2, -0.15) is 0 Å². The normalized spacial score (nSPS) is 10.2. The molecule has 0 atom stereocenters. The van der Waals surface area contributed by atoms with Gasteiger partial charge in [-0.05, 0) is 20.0 Å². The number of hydrogen-bond donors (Lipinski definition) is 3. The maximum Gasteiger partial charge on any atom is 0.338 e. The Kier molecular flexibility index (Phi) is 5.53. The molecule has 19 heavy (non-hydrogen) atoms. The lowest BCUT2D eigenvalue weighted by Crippen LogP contribution is -2.14. The van der Waals surface area contributed by atoms with Crippen molar-refractivity contribution >= 4 is 28.9 Å². The number of rotatable bonds is 7. The molecule has 1 aromatic carbocycles. The molecule has 1 rings (SSSR count). The van der Waals surface area contributed by atoms with Gasteiger partial charge in [0.2, 0.25) is 0 Å². The molecule has 0 radical (unpaired) electrons. The van der Waals surface area contributed by atoms with Crippen LogP contribution in [0.3, 0.4) is 0 Å². The zero-order chi connectivity index (χ0) is 14.4. The number of anilines is 1. The molecular weight excluding hydrogens is 274 g/mol. The van der Waals surface area contributed by atoms with Crippen LogP contribution < -0.4 is 10.6 Å². The Morgan fingerprint density at radius 2 is 2.16 bits per heavy atom. The fourth-order valence-corrected chi connectivity index (χ4v) is 1.81. The smallest absolute Gasteiger partial charge is 0.338 e. The Bertz CT molecular complexity index is 493. The number of hydrogen-bond acceptors (Lipinski definition) is 5. The van der Waals surface area contributed by atoms with Gasteiger partial charge in [-0.3, -0.25) is 10.1 Å². The van der Waals surface area contributed by atoms with E-state index in [1.54, 1.807) is 0 Å². The predicted octanol–water partition coefficient (Wildman–Crippen LogP) is 1.97. The van der Waals surface area contributed by atoms with Crippen LogP contribution >= 0.6 is 11.6 Å². The topological polar surface area (TPSA) is 105 Å². The lowest BCUT2D eigenvalue weighted by molar-refractivity contribution is -0.384. The van der Waals surface area contributed by atoms with Crippen LogP contribution in [0, 0.1) is 10.1 Å². The number of nitro groups is 1. The summed E-state index contributed by atoms with van der Waals surface area (Å²) in [6.07, 6.45) is 0.767. The van der Waals surface area contributed by atoms with Crippen molar-refractivity contribution in [2.24, 2.45) is 0 Å². The van der Waals surface area contributed by atoms with Gasteiger partial charge in [0.25, 0.3) is 5.69 Å². The van der Waals surface area contributed by atoms with Crippen molar-refractivity contribution < 1.29 is 14.8 Å². The Labute approximate surface area is 114 Å². The number of nitro benzene ring substituents is 1. The van der Waals surface area contributed by atoms with Crippen molar-refractivity contribution in [2.75, 3.05) is 25.5 Å². The molecule has 0 aliphatic heterocycles. The highest BCUT2D eigenvalue weighted by Gasteiger charge is 2.19. The van der Waals surface area contributed by atoms with Crippen LogP contribution in [0.25, 0.3) is 0 Å².